The van der Waals surface area contributed by atoms with E-state index in [0.29, 0.717) is 11.1 Å². The number of nitrogens with zero attached hydrogens (tertiary/aromatic N) is 2. The van der Waals surface area contributed by atoms with Gasteiger partial charge in [0.15, 0.2) is 11.6 Å². The molecule has 5 nitrogen and oxygen atoms in total. The molecular formula is C18H16F2N2O3. The van der Waals surface area contributed by atoms with Crippen molar-refractivity contribution in [3.63, 3.8) is 0 Å². The Kier molecular flexibility index (Phi) is 5.59. The van der Waals surface area contributed by atoms with Crippen LogP contribution in [-0.4, -0.2) is 22.8 Å². The van der Waals surface area contributed by atoms with Gasteiger partial charge in [-0.3, -0.25) is 14.9 Å². The minimum Gasteiger partial charge on any atom is -0.335 e. The van der Waals surface area contributed by atoms with E-state index < -0.39 is 22.6 Å². The normalized spacial score (nSPS) is 12.2. The molecule has 0 aliphatic carbocycles. The van der Waals surface area contributed by atoms with Crippen LogP contribution in [0.25, 0.3) is 6.08 Å². The first-order valence-corrected chi connectivity index (χ1v) is 7.44. The molecule has 25 heavy (non-hydrogen) atoms. The van der Waals surface area contributed by atoms with Gasteiger partial charge in [0.1, 0.15) is 0 Å². The van der Waals surface area contributed by atoms with Gasteiger partial charge in [0.05, 0.1) is 11.0 Å². The molecule has 0 aliphatic heterocycles. The molecule has 1 amide bonds. The Bertz CT molecular complexity index is 820. The molecule has 0 aliphatic rings. The summed E-state index contributed by atoms with van der Waals surface area (Å²) in [7, 11) is 1.55. The van der Waals surface area contributed by atoms with E-state index in [1.807, 2.05) is 0 Å². The molecule has 2 rings (SSSR count). The van der Waals surface area contributed by atoms with Crippen LogP contribution in [0.5, 0.6) is 0 Å². The Morgan fingerprint density at radius 1 is 1.16 bits per heavy atom. The van der Waals surface area contributed by atoms with Crippen molar-refractivity contribution in [1.29, 1.82) is 0 Å². The van der Waals surface area contributed by atoms with Crippen molar-refractivity contribution >= 4 is 17.7 Å². The van der Waals surface area contributed by atoms with Gasteiger partial charge >= 0.3 is 0 Å². The molecule has 0 N–H and O–H groups in total. The van der Waals surface area contributed by atoms with Crippen LogP contribution in [0.3, 0.4) is 0 Å². The van der Waals surface area contributed by atoms with E-state index in [4.69, 9.17) is 0 Å². The summed E-state index contributed by atoms with van der Waals surface area (Å²) in [6.07, 6.45) is 2.85. The second-order valence-corrected chi connectivity index (χ2v) is 5.48. The number of rotatable bonds is 5. The topological polar surface area (TPSA) is 63.5 Å². The lowest BCUT2D eigenvalue weighted by molar-refractivity contribution is -0.384. The first-order chi connectivity index (χ1) is 11.8. The summed E-state index contributed by atoms with van der Waals surface area (Å²) in [6, 6.07) is 8.80. The lowest BCUT2D eigenvalue weighted by atomic mass is 10.1. The van der Waals surface area contributed by atoms with Crippen LogP contribution in [0.15, 0.2) is 48.5 Å². The Balaban J connectivity index is 2.08. The van der Waals surface area contributed by atoms with E-state index in [1.165, 1.54) is 47.4 Å². The third-order valence-corrected chi connectivity index (χ3v) is 3.88. The number of benzene rings is 2. The Labute approximate surface area is 143 Å². The highest BCUT2D eigenvalue weighted by atomic mass is 19.2. The first kappa shape index (κ1) is 18.3. The Hall–Kier alpha value is -3.09. The number of hydrogen-bond donors (Lipinski definition) is 0. The third kappa shape index (κ3) is 4.47. The second kappa shape index (κ2) is 7.65. The highest BCUT2D eigenvalue weighted by molar-refractivity contribution is 5.91. The van der Waals surface area contributed by atoms with Gasteiger partial charge in [0.2, 0.25) is 5.91 Å². The molecular weight excluding hydrogens is 330 g/mol. The van der Waals surface area contributed by atoms with Crippen molar-refractivity contribution in [3.8, 4) is 0 Å². The number of nitro groups is 1. The Morgan fingerprint density at radius 3 is 2.36 bits per heavy atom. The summed E-state index contributed by atoms with van der Waals surface area (Å²) >= 11 is 0. The molecule has 0 aromatic heterocycles. The fourth-order valence-electron chi connectivity index (χ4n) is 2.18. The molecule has 1 unspecified atom stereocenters. The van der Waals surface area contributed by atoms with E-state index in [0.717, 1.165) is 12.1 Å². The van der Waals surface area contributed by atoms with E-state index in [1.54, 1.807) is 14.0 Å². The monoisotopic (exact) mass is 346 g/mol. The fraction of sp³-hybridized carbons (Fsp3) is 0.167. The van der Waals surface area contributed by atoms with Crippen LogP contribution < -0.4 is 0 Å². The van der Waals surface area contributed by atoms with E-state index >= 15 is 0 Å². The minimum absolute atomic E-state index is 0.0347. The van der Waals surface area contributed by atoms with Gasteiger partial charge in [-0.25, -0.2) is 8.78 Å². The quantitative estimate of drug-likeness (QED) is 0.465. The number of non-ortho nitro benzene ring substituents is 1. The first-order valence-electron chi connectivity index (χ1n) is 7.44. The van der Waals surface area contributed by atoms with Crippen LogP contribution in [-0.2, 0) is 4.79 Å². The summed E-state index contributed by atoms with van der Waals surface area (Å²) in [6.45, 7) is 1.70. The molecule has 0 spiro atoms. The standard InChI is InChI=1S/C18H16F2N2O3/c1-12(14-6-9-16(19)17(20)11-14)21(2)18(23)10-5-13-3-7-15(8-4-13)22(24)25/h3-12H,1-2H3/b10-5+. The predicted octanol–water partition coefficient (Wildman–Crippen LogP) is 4.11. The van der Waals surface area contributed by atoms with Gasteiger partial charge in [-0.1, -0.05) is 6.07 Å². The maximum absolute atomic E-state index is 13.3. The third-order valence-electron chi connectivity index (χ3n) is 3.88. The van der Waals surface area contributed by atoms with Gasteiger partial charge in [0.25, 0.3) is 5.69 Å². The SMILES string of the molecule is CC(c1ccc(F)c(F)c1)N(C)C(=O)/C=C/c1ccc([N+](=O)[O-])cc1. The molecule has 0 saturated heterocycles. The number of amides is 1. The summed E-state index contributed by atoms with van der Waals surface area (Å²) in [4.78, 5) is 23.7. The summed E-state index contributed by atoms with van der Waals surface area (Å²) < 4.78 is 26.3. The number of carbonyl (C=O) groups excluding carboxylic acids is 1. The lowest BCUT2D eigenvalue weighted by Crippen LogP contribution is -2.28. The van der Waals surface area contributed by atoms with Gasteiger partial charge < -0.3 is 4.90 Å². The van der Waals surface area contributed by atoms with Crippen molar-refractivity contribution in [1.82, 2.24) is 4.90 Å². The molecule has 2 aromatic carbocycles. The molecule has 0 fully saturated rings. The number of likely N-dealkylation sites (N-methyl/N-ethyl adjacent to an activating group) is 1. The van der Waals surface area contributed by atoms with Crippen LogP contribution in [0.4, 0.5) is 14.5 Å². The molecule has 1 atom stereocenters. The van der Waals surface area contributed by atoms with Crippen LogP contribution >= 0.6 is 0 Å². The van der Waals surface area contributed by atoms with Crippen molar-refractivity contribution in [2.75, 3.05) is 7.05 Å². The van der Waals surface area contributed by atoms with Gasteiger partial charge in [0, 0.05) is 25.3 Å². The second-order valence-electron chi connectivity index (χ2n) is 5.48. The summed E-state index contributed by atoms with van der Waals surface area (Å²) in [5.74, 6) is -2.25. The molecule has 7 heteroatoms. The van der Waals surface area contributed by atoms with Crippen molar-refractivity contribution in [3.05, 3.63) is 81.4 Å². The minimum atomic E-state index is -0.966. The van der Waals surface area contributed by atoms with E-state index in [-0.39, 0.29) is 11.6 Å². The van der Waals surface area contributed by atoms with Gasteiger partial charge in [-0.2, -0.15) is 0 Å². The largest absolute Gasteiger partial charge is 0.335 e. The zero-order valence-corrected chi connectivity index (χ0v) is 13.6. The number of nitro benzene ring substituents is 1. The van der Waals surface area contributed by atoms with E-state index in [2.05, 4.69) is 0 Å². The molecule has 0 heterocycles. The van der Waals surface area contributed by atoms with Gasteiger partial charge in [-0.15, -0.1) is 0 Å². The summed E-state index contributed by atoms with van der Waals surface area (Å²) in [5.41, 5.74) is 1.07. The van der Waals surface area contributed by atoms with Crippen LogP contribution in [0.2, 0.25) is 0 Å². The van der Waals surface area contributed by atoms with Crippen molar-refractivity contribution < 1.29 is 18.5 Å². The number of carbonyl (C=O) groups is 1. The van der Waals surface area contributed by atoms with E-state index in [9.17, 15) is 23.7 Å². The summed E-state index contributed by atoms with van der Waals surface area (Å²) in [5, 5.41) is 10.6. The fourth-order valence-corrected chi connectivity index (χ4v) is 2.18. The average Bonchev–Trinajstić information content (AvgIpc) is 2.61. The van der Waals surface area contributed by atoms with Gasteiger partial charge in [-0.05, 0) is 48.4 Å². The average molecular weight is 346 g/mol. The zero-order chi connectivity index (χ0) is 18.6. The lowest BCUT2D eigenvalue weighted by Gasteiger charge is -2.24. The molecule has 0 bridgehead atoms. The maximum Gasteiger partial charge on any atom is 0.269 e. The molecule has 0 radical (unpaired) electrons. The number of halogens is 2. The molecule has 130 valence electrons. The zero-order valence-electron chi connectivity index (χ0n) is 13.6. The van der Waals surface area contributed by atoms with Crippen LogP contribution in [0.1, 0.15) is 24.1 Å². The Morgan fingerprint density at radius 2 is 1.80 bits per heavy atom. The predicted molar refractivity (Wildman–Crippen MR) is 89.7 cm³/mol. The smallest absolute Gasteiger partial charge is 0.269 e. The highest BCUT2D eigenvalue weighted by Crippen LogP contribution is 2.21. The number of hydrogen-bond acceptors (Lipinski definition) is 3. The molecule has 0 saturated carbocycles. The van der Waals surface area contributed by atoms with Crippen LogP contribution in [0, 0.1) is 21.7 Å². The molecule has 2 aromatic rings. The van der Waals surface area contributed by atoms with Crippen molar-refractivity contribution in [2.24, 2.45) is 0 Å². The maximum atomic E-state index is 13.3. The van der Waals surface area contributed by atoms with Crippen molar-refractivity contribution in [2.45, 2.75) is 13.0 Å². The highest BCUT2D eigenvalue weighted by Gasteiger charge is 2.17.